The molecule has 1 aliphatic rings. The molecule has 1 amide bonds. The lowest BCUT2D eigenvalue weighted by Gasteiger charge is -2.22. The van der Waals surface area contributed by atoms with Crippen molar-refractivity contribution in [1.82, 2.24) is 20.2 Å². The lowest BCUT2D eigenvalue weighted by Crippen LogP contribution is -2.39. The number of aromatic amines is 1. The number of nitrogens with one attached hydrogen (secondary N) is 2. The van der Waals surface area contributed by atoms with Gasteiger partial charge in [0.1, 0.15) is 5.82 Å². The first-order chi connectivity index (χ1) is 12.2. The van der Waals surface area contributed by atoms with Crippen LogP contribution in [-0.4, -0.2) is 46.5 Å². The van der Waals surface area contributed by atoms with Gasteiger partial charge in [0.25, 0.3) is 5.56 Å². The summed E-state index contributed by atoms with van der Waals surface area (Å²) in [6, 6.07) is 7.78. The summed E-state index contributed by atoms with van der Waals surface area (Å²) in [5.41, 5.74) is 0.581. The minimum absolute atomic E-state index is 0.0751. The number of nitrogens with zero attached hydrogens (tertiary/aromatic N) is 2. The summed E-state index contributed by atoms with van der Waals surface area (Å²) in [4.78, 5) is 33.8. The molecule has 2 heterocycles. The Morgan fingerprint density at radius 2 is 2.24 bits per heavy atom. The first-order valence-corrected chi connectivity index (χ1v) is 9.16. The van der Waals surface area contributed by atoms with E-state index in [0.717, 1.165) is 26.1 Å². The molecule has 2 aromatic rings. The van der Waals surface area contributed by atoms with Crippen LogP contribution in [-0.2, 0) is 11.2 Å². The second-order valence-corrected chi connectivity index (χ2v) is 6.61. The summed E-state index contributed by atoms with van der Waals surface area (Å²) >= 11 is 0. The summed E-state index contributed by atoms with van der Waals surface area (Å²) in [6.07, 6.45) is 4.11. The van der Waals surface area contributed by atoms with Gasteiger partial charge in [0, 0.05) is 25.4 Å². The van der Waals surface area contributed by atoms with Gasteiger partial charge < -0.3 is 10.3 Å². The van der Waals surface area contributed by atoms with Crippen LogP contribution in [0.3, 0.4) is 0 Å². The van der Waals surface area contributed by atoms with Gasteiger partial charge in [-0.2, -0.15) is 0 Å². The number of para-hydroxylation sites is 1. The average molecular weight is 342 g/mol. The standard InChI is InChI=1S/C19H26N4O2/c1-2-23-12-6-7-14(23)13-20-18(24)11-5-10-17-21-16-9-4-3-8-15(16)19(25)22-17/h3-4,8-9,14H,2,5-7,10-13H2,1H3,(H,20,24)(H,21,22,25). The van der Waals surface area contributed by atoms with E-state index in [0.29, 0.717) is 42.0 Å². The van der Waals surface area contributed by atoms with Crippen LogP contribution in [0.4, 0.5) is 0 Å². The van der Waals surface area contributed by atoms with Crippen molar-refractivity contribution >= 4 is 16.8 Å². The van der Waals surface area contributed by atoms with E-state index < -0.39 is 0 Å². The van der Waals surface area contributed by atoms with Gasteiger partial charge in [-0.05, 0) is 44.5 Å². The molecular weight excluding hydrogens is 316 g/mol. The normalized spacial score (nSPS) is 17.9. The molecule has 2 N–H and O–H groups in total. The van der Waals surface area contributed by atoms with Crippen LogP contribution in [0.1, 0.15) is 38.4 Å². The number of likely N-dealkylation sites (N-methyl/N-ethyl adjacent to an activating group) is 1. The molecule has 1 aromatic heterocycles. The van der Waals surface area contributed by atoms with E-state index in [1.54, 1.807) is 6.07 Å². The van der Waals surface area contributed by atoms with Gasteiger partial charge in [0.05, 0.1) is 10.9 Å². The fourth-order valence-corrected chi connectivity index (χ4v) is 3.53. The van der Waals surface area contributed by atoms with Gasteiger partial charge in [0.2, 0.25) is 5.91 Å². The largest absolute Gasteiger partial charge is 0.355 e. The van der Waals surface area contributed by atoms with Gasteiger partial charge in [-0.3, -0.25) is 14.5 Å². The SMILES string of the molecule is CCN1CCCC1CNC(=O)CCCc1nc2ccccc2c(=O)[nH]1. The molecule has 6 heteroatoms. The van der Waals surface area contributed by atoms with Gasteiger partial charge in [0.15, 0.2) is 0 Å². The molecule has 1 saturated heterocycles. The molecule has 25 heavy (non-hydrogen) atoms. The first-order valence-electron chi connectivity index (χ1n) is 9.16. The van der Waals surface area contributed by atoms with E-state index in [-0.39, 0.29) is 11.5 Å². The second kappa shape index (κ2) is 8.25. The average Bonchev–Trinajstić information content (AvgIpc) is 3.07. The zero-order chi connectivity index (χ0) is 17.6. The molecule has 0 radical (unpaired) electrons. The number of benzene rings is 1. The number of likely N-dealkylation sites (tertiary alicyclic amines) is 1. The molecule has 1 aromatic carbocycles. The predicted molar refractivity (Wildman–Crippen MR) is 98.6 cm³/mol. The van der Waals surface area contributed by atoms with Crippen molar-refractivity contribution in [3.8, 4) is 0 Å². The van der Waals surface area contributed by atoms with E-state index in [9.17, 15) is 9.59 Å². The van der Waals surface area contributed by atoms with Crippen LogP contribution >= 0.6 is 0 Å². The molecule has 0 saturated carbocycles. The third kappa shape index (κ3) is 4.45. The number of amides is 1. The number of carbonyl (C=O) groups is 1. The lowest BCUT2D eigenvalue weighted by atomic mass is 10.2. The van der Waals surface area contributed by atoms with E-state index in [4.69, 9.17) is 0 Å². The smallest absolute Gasteiger partial charge is 0.258 e. The maximum absolute atomic E-state index is 12.0. The van der Waals surface area contributed by atoms with Crippen LogP contribution in [0.2, 0.25) is 0 Å². The van der Waals surface area contributed by atoms with Crippen LogP contribution in [0.15, 0.2) is 29.1 Å². The van der Waals surface area contributed by atoms with Gasteiger partial charge >= 0.3 is 0 Å². The molecule has 0 aliphatic carbocycles. The Hall–Kier alpha value is -2.21. The Kier molecular flexibility index (Phi) is 5.81. The third-order valence-corrected chi connectivity index (χ3v) is 4.92. The molecule has 1 atom stereocenters. The van der Waals surface area contributed by atoms with Crippen LogP contribution in [0.25, 0.3) is 10.9 Å². The summed E-state index contributed by atoms with van der Waals surface area (Å²) in [7, 11) is 0. The highest BCUT2D eigenvalue weighted by Gasteiger charge is 2.22. The van der Waals surface area contributed by atoms with Crippen molar-refractivity contribution in [2.45, 2.75) is 45.1 Å². The van der Waals surface area contributed by atoms with Crippen LogP contribution in [0.5, 0.6) is 0 Å². The van der Waals surface area contributed by atoms with E-state index >= 15 is 0 Å². The van der Waals surface area contributed by atoms with E-state index in [2.05, 4.69) is 27.1 Å². The van der Waals surface area contributed by atoms with Crippen molar-refractivity contribution in [2.75, 3.05) is 19.6 Å². The molecule has 0 spiro atoms. The van der Waals surface area contributed by atoms with Crippen molar-refractivity contribution < 1.29 is 4.79 Å². The summed E-state index contributed by atoms with van der Waals surface area (Å²) < 4.78 is 0. The van der Waals surface area contributed by atoms with Gasteiger partial charge in [-0.1, -0.05) is 19.1 Å². The first kappa shape index (κ1) is 17.6. The zero-order valence-corrected chi connectivity index (χ0v) is 14.8. The Balaban J connectivity index is 1.46. The highest BCUT2D eigenvalue weighted by molar-refractivity contribution is 5.77. The Morgan fingerprint density at radius 1 is 1.40 bits per heavy atom. The van der Waals surface area contributed by atoms with Crippen molar-refractivity contribution in [3.63, 3.8) is 0 Å². The number of H-pyrrole nitrogens is 1. The maximum Gasteiger partial charge on any atom is 0.258 e. The lowest BCUT2D eigenvalue weighted by molar-refractivity contribution is -0.121. The molecule has 0 bridgehead atoms. The maximum atomic E-state index is 12.0. The Labute approximate surface area is 147 Å². The molecule has 1 aliphatic heterocycles. The number of hydrogen-bond donors (Lipinski definition) is 2. The number of rotatable bonds is 7. The molecular formula is C19H26N4O2. The summed E-state index contributed by atoms with van der Waals surface area (Å²) in [5.74, 6) is 0.718. The summed E-state index contributed by atoms with van der Waals surface area (Å²) in [5, 5.41) is 3.64. The van der Waals surface area contributed by atoms with Gasteiger partial charge in [-0.15, -0.1) is 0 Å². The second-order valence-electron chi connectivity index (χ2n) is 6.61. The third-order valence-electron chi connectivity index (χ3n) is 4.92. The number of carbonyl (C=O) groups excluding carboxylic acids is 1. The molecule has 1 fully saturated rings. The highest BCUT2D eigenvalue weighted by Crippen LogP contribution is 2.15. The molecule has 3 rings (SSSR count). The van der Waals surface area contributed by atoms with Crippen LogP contribution < -0.4 is 10.9 Å². The van der Waals surface area contributed by atoms with Crippen molar-refractivity contribution in [2.24, 2.45) is 0 Å². The fraction of sp³-hybridized carbons (Fsp3) is 0.526. The topological polar surface area (TPSA) is 78.1 Å². The fourth-order valence-electron chi connectivity index (χ4n) is 3.53. The monoisotopic (exact) mass is 342 g/mol. The number of fused-ring (bicyclic) bond motifs is 1. The van der Waals surface area contributed by atoms with E-state index in [1.807, 2.05) is 18.2 Å². The minimum Gasteiger partial charge on any atom is -0.355 e. The number of aryl methyl sites for hydroxylation is 1. The number of hydrogen-bond acceptors (Lipinski definition) is 4. The molecule has 1 unspecified atom stereocenters. The number of aromatic nitrogens is 2. The zero-order valence-electron chi connectivity index (χ0n) is 14.8. The van der Waals surface area contributed by atoms with Crippen molar-refractivity contribution in [3.05, 3.63) is 40.4 Å². The molecule has 6 nitrogen and oxygen atoms in total. The summed E-state index contributed by atoms with van der Waals surface area (Å²) in [6.45, 7) is 5.08. The van der Waals surface area contributed by atoms with E-state index in [1.165, 1.54) is 6.42 Å². The quantitative estimate of drug-likeness (QED) is 0.805. The predicted octanol–water partition coefficient (Wildman–Crippen LogP) is 1.85. The van der Waals surface area contributed by atoms with Crippen molar-refractivity contribution in [1.29, 1.82) is 0 Å². The van der Waals surface area contributed by atoms with Crippen LogP contribution in [0, 0.1) is 0 Å². The van der Waals surface area contributed by atoms with Gasteiger partial charge in [-0.25, -0.2) is 4.98 Å². The Morgan fingerprint density at radius 3 is 3.08 bits per heavy atom. The minimum atomic E-state index is -0.119. The molecule has 134 valence electrons. The Bertz CT molecular complexity index is 786. The highest BCUT2D eigenvalue weighted by atomic mass is 16.1.